The van der Waals surface area contributed by atoms with E-state index in [0.29, 0.717) is 12.3 Å². The van der Waals surface area contributed by atoms with E-state index in [0.717, 1.165) is 59.9 Å². The molecule has 0 bridgehead atoms. The molecule has 2 heterocycles. The average Bonchev–Trinajstić information content (AvgIpc) is 3.26. The molecule has 3 aromatic rings. The van der Waals surface area contributed by atoms with Gasteiger partial charge in [0.2, 0.25) is 0 Å². The third-order valence-electron chi connectivity index (χ3n) is 6.20. The van der Waals surface area contributed by atoms with E-state index in [4.69, 9.17) is 4.18 Å². The van der Waals surface area contributed by atoms with Crippen molar-refractivity contribution in [2.75, 3.05) is 32.9 Å². The summed E-state index contributed by atoms with van der Waals surface area (Å²) in [6.07, 6.45) is 2.90. The van der Waals surface area contributed by atoms with Crippen molar-refractivity contribution in [1.82, 2.24) is 9.80 Å². The smallest absolute Gasteiger partial charge is 0.306 e. The second kappa shape index (κ2) is 9.44. The monoisotopic (exact) mass is 486 g/mol. The van der Waals surface area contributed by atoms with E-state index in [9.17, 15) is 13.2 Å². The fourth-order valence-corrected chi connectivity index (χ4v) is 5.75. The molecule has 0 aliphatic carbocycles. The SMILES string of the molecule is Cc1cc2c(cc1C)C(=O)N(CCCN(C)CCc1csc3cc(OS(C)(=O)=O)ccc13)C2. The minimum Gasteiger partial charge on any atom is -0.383 e. The van der Waals surface area contributed by atoms with Crippen LogP contribution in [0.5, 0.6) is 5.75 Å². The normalized spacial score (nSPS) is 13.8. The Morgan fingerprint density at radius 2 is 1.88 bits per heavy atom. The van der Waals surface area contributed by atoms with Gasteiger partial charge in [-0.2, -0.15) is 8.42 Å². The lowest BCUT2D eigenvalue weighted by atomic mass is 10.0. The molecule has 2 aromatic carbocycles. The number of fused-ring (bicyclic) bond motifs is 2. The molecule has 0 unspecified atom stereocenters. The Morgan fingerprint density at radius 1 is 1.12 bits per heavy atom. The van der Waals surface area contributed by atoms with Crippen molar-refractivity contribution in [2.24, 2.45) is 0 Å². The molecular formula is C25H30N2O4S2. The van der Waals surface area contributed by atoms with E-state index in [1.54, 1.807) is 23.5 Å². The molecule has 1 aliphatic rings. The lowest BCUT2D eigenvalue weighted by Crippen LogP contribution is -2.29. The van der Waals surface area contributed by atoms with Gasteiger partial charge in [-0.25, -0.2) is 0 Å². The summed E-state index contributed by atoms with van der Waals surface area (Å²) in [6, 6.07) is 9.60. The largest absolute Gasteiger partial charge is 0.383 e. The first kappa shape index (κ1) is 23.7. The fourth-order valence-electron chi connectivity index (χ4n) is 4.27. The second-order valence-corrected chi connectivity index (χ2v) is 11.4. The second-order valence-electron chi connectivity index (χ2n) is 8.93. The zero-order valence-electron chi connectivity index (χ0n) is 19.6. The van der Waals surface area contributed by atoms with Crippen molar-refractivity contribution in [3.8, 4) is 5.75 Å². The summed E-state index contributed by atoms with van der Waals surface area (Å²) < 4.78 is 28.7. The van der Waals surface area contributed by atoms with Crippen LogP contribution in [0, 0.1) is 13.8 Å². The fraction of sp³-hybridized carbons (Fsp3) is 0.400. The number of hydrogen-bond acceptors (Lipinski definition) is 6. The Bertz CT molecular complexity index is 1300. The third-order valence-corrected chi connectivity index (χ3v) is 7.69. The summed E-state index contributed by atoms with van der Waals surface area (Å²) in [6.45, 7) is 7.47. The molecule has 0 saturated heterocycles. The van der Waals surface area contributed by atoms with Gasteiger partial charge in [0.25, 0.3) is 5.91 Å². The quantitative estimate of drug-likeness (QED) is 0.420. The summed E-state index contributed by atoms with van der Waals surface area (Å²) in [5, 5.41) is 3.27. The van der Waals surface area contributed by atoms with Gasteiger partial charge < -0.3 is 14.0 Å². The van der Waals surface area contributed by atoms with Gasteiger partial charge in [0.15, 0.2) is 0 Å². The topological polar surface area (TPSA) is 66.9 Å². The first-order chi connectivity index (χ1) is 15.6. The summed E-state index contributed by atoms with van der Waals surface area (Å²) >= 11 is 1.60. The number of carbonyl (C=O) groups excluding carboxylic acids is 1. The Hall–Kier alpha value is -2.42. The van der Waals surface area contributed by atoms with Gasteiger partial charge in [0, 0.05) is 29.9 Å². The first-order valence-corrected chi connectivity index (χ1v) is 13.8. The number of amides is 1. The van der Waals surface area contributed by atoms with Crippen LogP contribution in [-0.2, 0) is 23.1 Å². The first-order valence-electron chi connectivity index (χ1n) is 11.1. The molecule has 1 amide bonds. The van der Waals surface area contributed by atoms with E-state index < -0.39 is 10.1 Å². The molecule has 8 heteroatoms. The van der Waals surface area contributed by atoms with Crippen LogP contribution in [0.2, 0.25) is 0 Å². The standard InChI is InChI=1S/C25H30N2O4S2/c1-17-12-20-15-27(25(28)23(20)13-18(17)2)10-5-9-26(3)11-8-19-16-32-24-14-21(6-7-22(19)24)31-33(4,29)30/h6-7,12-14,16H,5,8-11,15H2,1-4H3. The van der Waals surface area contributed by atoms with Crippen molar-refractivity contribution in [2.45, 2.75) is 33.2 Å². The minimum absolute atomic E-state index is 0.153. The maximum Gasteiger partial charge on any atom is 0.306 e. The van der Waals surface area contributed by atoms with Crippen molar-refractivity contribution in [3.05, 3.63) is 63.5 Å². The Balaban J connectivity index is 1.27. The lowest BCUT2D eigenvalue weighted by Gasteiger charge is -2.20. The summed E-state index contributed by atoms with van der Waals surface area (Å²) in [7, 11) is -1.41. The van der Waals surface area contributed by atoms with Crippen molar-refractivity contribution < 1.29 is 17.4 Å². The van der Waals surface area contributed by atoms with Crippen LogP contribution in [0.4, 0.5) is 0 Å². The van der Waals surface area contributed by atoms with Gasteiger partial charge in [-0.1, -0.05) is 6.07 Å². The van der Waals surface area contributed by atoms with Crippen LogP contribution in [0.3, 0.4) is 0 Å². The van der Waals surface area contributed by atoms with E-state index >= 15 is 0 Å². The highest BCUT2D eigenvalue weighted by Crippen LogP contribution is 2.30. The predicted molar refractivity (Wildman–Crippen MR) is 134 cm³/mol. The molecule has 0 radical (unpaired) electrons. The van der Waals surface area contributed by atoms with Crippen LogP contribution in [0.25, 0.3) is 10.1 Å². The van der Waals surface area contributed by atoms with Crippen molar-refractivity contribution >= 4 is 37.4 Å². The lowest BCUT2D eigenvalue weighted by molar-refractivity contribution is 0.0772. The predicted octanol–water partition coefficient (Wildman–Crippen LogP) is 4.38. The maximum atomic E-state index is 12.7. The van der Waals surface area contributed by atoms with Crippen LogP contribution in [0.1, 0.15) is 39.0 Å². The summed E-state index contributed by atoms with van der Waals surface area (Å²) in [5.41, 5.74) is 5.67. The number of carbonyl (C=O) groups is 1. The Kier molecular flexibility index (Phi) is 6.79. The van der Waals surface area contributed by atoms with Crippen LogP contribution in [0.15, 0.2) is 35.7 Å². The van der Waals surface area contributed by atoms with Gasteiger partial charge in [-0.05, 0) is 97.6 Å². The molecule has 33 heavy (non-hydrogen) atoms. The minimum atomic E-state index is -3.53. The van der Waals surface area contributed by atoms with Gasteiger partial charge in [0.05, 0.1) is 6.26 Å². The molecular weight excluding hydrogens is 456 g/mol. The van der Waals surface area contributed by atoms with Crippen molar-refractivity contribution in [3.63, 3.8) is 0 Å². The molecule has 0 spiro atoms. The number of likely N-dealkylation sites (N-methyl/N-ethyl adjacent to an activating group) is 1. The molecule has 1 aliphatic heterocycles. The third kappa shape index (κ3) is 5.57. The molecule has 176 valence electrons. The number of aryl methyl sites for hydroxylation is 2. The average molecular weight is 487 g/mol. The van der Waals surface area contributed by atoms with Gasteiger partial charge in [-0.15, -0.1) is 11.3 Å². The highest BCUT2D eigenvalue weighted by Gasteiger charge is 2.27. The van der Waals surface area contributed by atoms with Gasteiger partial charge in [-0.3, -0.25) is 4.79 Å². The maximum absolute atomic E-state index is 12.7. The Labute approximate surface area is 199 Å². The summed E-state index contributed by atoms with van der Waals surface area (Å²) in [5.74, 6) is 0.499. The number of rotatable bonds is 9. The van der Waals surface area contributed by atoms with Crippen LogP contribution < -0.4 is 4.18 Å². The van der Waals surface area contributed by atoms with Crippen LogP contribution >= 0.6 is 11.3 Å². The van der Waals surface area contributed by atoms with Crippen molar-refractivity contribution in [1.29, 1.82) is 0 Å². The van der Waals surface area contributed by atoms with E-state index in [2.05, 4.69) is 37.2 Å². The molecule has 6 nitrogen and oxygen atoms in total. The van der Waals surface area contributed by atoms with E-state index in [1.807, 2.05) is 17.0 Å². The highest BCUT2D eigenvalue weighted by molar-refractivity contribution is 7.86. The van der Waals surface area contributed by atoms with Gasteiger partial charge >= 0.3 is 10.1 Å². The zero-order chi connectivity index (χ0) is 23.8. The number of thiophene rings is 1. The van der Waals surface area contributed by atoms with E-state index in [1.165, 1.54) is 16.7 Å². The Morgan fingerprint density at radius 3 is 2.64 bits per heavy atom. The number of benzene rings is 2. The number of nitrogens with zero attached hydrogens (tertiary/aromatic N) is 2. The molecule has 4 rings (SSSR count). The van der Waals surface area contributed by atoms with Gasteiger partial charge in [0.1, 0.15) is 5.75 Å². The molecule has 1 aromatic heterocycles. The summed E-state index contributed by atoms with van der Waals surface area (Å²) in [4.78, 5) is 17.0. The molecule has 0 N–H and O–H groups in total. The number of hydrogen-bond donors (Lipinski definition) is 0. The van der Waals surface area contributed by atoms with E-state index in [-0.39, 0.29) is 5.91 Å². The molecule has 0 fully saturated rings. The molecule has 0 atom stereocenters. The van der Waals surface area contributed by atoms with Crippen LogP contribution in [-0.4, -0.2) is 57.1 Å². The highest BCUT2D eigenvalue weighted by atomic mass is 32.2. The zero-order valence-corrected chi connectivity index (χ0v) is 21.2. The molecule has 0 saturated carbocycles.